The van der Waals surface area contributed by atoms with Crippen LogP contribution in [0.25, 0.3) is 10.9 Å². The molecule has 0 aliphatic carbocycles. The summed E-state index contributed by atoms with van der Waals surface area (Å²) < 4.78 is 1.27. The highest BCUT2D eigenvalue weighted by Crippen LogP contribution is 2.21. The number of nitriles is 1. The summed E-state index contributed by atoms with van der Waals surface area (Å²) in [7, 11) is 0. The van der Waals surface area contributed by atoms with Crippen LogP contribution in [0.2, 0.25) is 0 Å². The van der Waals surface area contributed by atoms with E-state index in [2.05, 4.69) is 23.1 Å². The first-order chi connectivity index (χ1) is 11.6. The summed E-state index contributed by atoms with van der Waals surface area (Å²) in [4.78, 5) is 15.7. The van der Waals surface area contributed by atoms with Crippen molar-refractivity contribution in [3.8, 4) is 6.07 Å². The Morgan fingerprint density at radius 3 is 2.88 bits per heavy atom. The predicted molar refractivity (Wildman–Crippen MR) is 95.6 cm³/mol. The van der Waals surface area contributed by atoms with Gasteiger partial charge in [0.15, 0.2) is 0 Å². The van der Waals surface area contributed by atoms with Crippen molar-refractivity contribution < 1.29 is 0 Å². The van der Waals surface area contributed by atoms with Crippen LogP contribution >= 0.6 is 0 Å². The van der Waals surface area contributed by atoms with Gasteiger partial charge in [0.1, 0.15) is 11.6 Å². The monoisotopic (exact) mass is 318 g/mol. The van der Waals surface area contributed by atoms with E-state index in [1.165, 1.54) is 10.2 Å². The van der Waals surface area contributed by atoms with Crippen molar-refractivity contribution in [1.29, 1.82) is 5.26 Å². The van der Waals surface area contributed by atoms with Crippen LogP contribution in [0.5, 0.6) is 0 Å². The Bertz CT molecular complexity index is 1050. The van der Waals surface area contributed by atoms with Crippen LogP contribution in [0, 0.1) is 25.2 Å². The second kappa shape index (κ2) is 6.17. The van der Waals surface area contributed by atoms with E-state index in [1.807, 2.05) is 24.4 Å². The summed E-state index contributed by atoms with van der Waals surface area (Å²) in [5.74, 6) is 0. The minimum absolute atomic E-state index is 0.130. The van der Waals surface area contributed by atoms with Gasteiger partial charge in [-0.05, 0) is 37.5 Å². The van der Waals surface area contributed by atoms with Crippen molar-refractivity contribution in [3.05, 3.63) is 68.8 Å². The van der Waals surface area contributed by atoms with Crippen molar-refractivity contribution >= 4 is 17.1 Å². The fraction of sp³-hybridized carbons (Fsp3) is 0.211. The van der Waals surface area contributed by atoms with Crippen LogP contribution in [0.4, 0.5) is 0 Å². The van der Waals surface area contributed by atoms with Gasteiger partial charge in [-0.15, -0.1) is 0 Å². The van der Waals surface area contributed by atoms with Crippen LogP contribution in [0.15, 0.2) is 40.4 Å². The Morgan fingerprint density at radius 2 is 2.17 bits per heavy atom. The van der Waals surface area contributed by atoms with Crippen molar-refractivity contribution in [2.24, 2.45) is 5.10 Å². The van der Waals surface area contributed by atoms with E-state index in [9.17, 15) is 4.79 Å². The maximum Gasteiger partial charge on any atom is 0.289 e. The molecule has 24 heavy (non-hydrogen) atoms. The predicted octanol–water partition coefficient (Wildman–Crippen LogP) is 3.26. The van der Waals surface area contributed by atoms with Gasteiger partial charge in [-0.25, -0.2) is 4.68 Å². The fourth-order valence-corrected chi connectivity index (χ4v) is 2.92. The van der Waals surface area contributed by atoms with Crippen molar-refractivity contribution in [1.82, 2.24) is 9.66 Å². The molecule has 2 aromatic heterocycles. The Kier molecular flexibility index (Phi) is 4.05. The van der Waals surface area contributed by atoms with Crippen molar-refractivity contribution in [2.75, 3.05) is 0 Å². The molecular formula is C19H18N4O. The number of nitrogens with one attached hydrogen (secondary N) is 1. The van der Waals surface area contributed by atoms with Crippen LogP contribution < -0.4 is 5.56 Å². The summed E-state index contributed by atoms with van der Waals surface area (Å²) in [6.45, 7) is 5.67. The first-order valence-corrected chi connectivity index (χ1v) is 7.83. The maximum absolute atomic E-state index is 12.4. The number of aromatic amines is 1. The van der Waals surface area contributed by atoms with Crippen LogP contribution in [-0.2, 0) is 6.42 Å². The van der Waals surface area contributed by atoms with Gasteiger partial charge in [0.2, 0.25) is 0 Å². The molecule has 0 aliphatic heterocycles. The Hall–Kier alpha value is -3.13. The molecule has 5 heteroatoms. The second-order valence-corrected chi connectivity index (χ2v) is 5.75. The van der Waals surface area contributed by atoms with Crippen LogP contribution in [0.1, 0.15) is 34.9 Å². The van der Waals surface area contributed by atoms with Gasteiger partial charge in [0, 0.05) is 28.4 Å². The van der Waals surface area contributed by atoms with E-state index >= 15 is 0 Å². The zero-order valence-electron chi connectivity index (χ0n) is 13.9. The largest absolute Gasteiger partial charge is 0.360 e. The second-order valence-electron chi connectivity index (χ2n) is 5.75. The molecule has 0 unspecified atom stereocenters. The third-order valence-electron chi connectivity index (χ3n) is 4.20. The standard InChI is InChI=1S/C19H18N4O/c1-4-14-6-5-7-16-15(10-21-18(14)16)11-22-23-13(3)8-12(2)17(9-20)19(23)24/h5-8,10-11,21H,4H2,1-3H3/b22-11+. The minimum Gasteiger partial charge on any atom is -0.360 e. The summed E-state index contributed by atoms with van der Waals surface area (Å²) >= 11 is 0. The molecule has 5 nitrogen and oxygen atoms in total. The van der Waals surface area contributed by atoms with Gasteiger partial charge in [0.25, 0.3) is 5.56 Å². The lowest BCUT2D eigenvalue weighted by Crippen LogP contribution is -2.22. The third kappa shape index (κ3) is 2.52. The van der Waals surface area contributed by atoms with E-state index in [0.29, 0.717) is 11.3 Å². The van der Waals surface area contributed by atoms with Gasteiger partial charge in [-0.1, -0.05) is 25.1 Å². The molecule has 0 saturated carbocycles. The highest BCUT2D eigenvalue weighted by atomic mass is 16.1. The number of aryl methyl sites for hydroxylation is 3. The summed E-state index contributed by atoms with van der Waals surface area (Å²) in [6, 6.07) is 9.88. The number of benzene rings is 1. The van der Waals surface area contributed by atoms with E-state index < -0.39 is 0 Å². The molecule has 2 heterocycles. The van der Waals surface area contributed by atoms with E-state index in [0.717, 1.165) is 22.9 Å². The molecular weight excluding hydrogens is 300 g/mol. The number of nitrogens with zero attached hydrogens (tertiary/aromatic N) is 3. The number of para-hydroxylation sites is 1. The number of fused-ring (bicyclic) bond motifs is 1. The highest BCUT2D eigenvalue weighted by Gasteiger charge is 2.09. The van der Waals surface area contributed by atoms with Crippen molar-refractivity contribution in [2.45, 2.75) is 27.2 Å². The normalized spacial score (nSPS) is 11.2. The Morgan fingerprint density at radius 1 is 1.38 bits per heavy atom. The first kappa shape index (κ1) is 15.8. The molecule has 0 fully saturated rings. The Balaban J connectivity index is 2.11. The fourth-order valence-electron chi connectivity index (χ4n) is 2.92. The van der Waals surface area contributed by atoms with E-state index in [-0.39, 0.29) is 11.1 Å². The first-order valence-electron chi connectivity index (χ1n) is 7.83. The lowest BCUT2D eigenvalue weighted by atomic mass is 10.1. The molecule has 0 saturated heterocycles. The molecule has 3 aromatic rings. The smallest absolute Gasteiger partial charge is 0.289 e. The third-order valence-corrected chi connectivity index (χ3v) is 4.20. The number of aromatic nitrogens is 2. The molecule has 0 aliphatic rings. The highest BCUT2D eigenvalue weighted by molar-refractivity contribution is 6.00. The molecule has 3 rings (SSSR count). The molecule has 0 amide bonds. The van der Waals surface area contributed by atoms with Gasteiger partial charge in [-0.3, -0.25) is 4.79 Å². The SMILES string of the molecule is CCc1cccc2c(/C=N/n3c(C)cc(C)c(C#N)c3=O)c[nH]c12. The topological polar surface area (TPSA) is 73.9 Å². The number of pyridine rings is 1. The minimum atomic E-state index is -0.389. The molecule has 0 atom stereocenters. The number of hydrogen-bond donors (Lipinski definition) is 1. The van der Waals surface area contributed by atoms with Gasteiger partial charge in [0.05, 0.1) is 6.21 Å². The zero-order valence-corrected chi connectivity index (χ0v) is 13.9. The lowest BCUT2D eigenvalue weighted by Gasteiger charge is -2.06. The summed E-state index contributed by atoms with van der Waals surface area (Å²) in [6.07, 6.45) is 4.48. The molecule has 1 aromatic carbocycles. The van der Waals surface area contributed by atoms with E-state index in [1.54, 1.807) is 26.1 Å². The molecule has 1 N–H and O–H groups in total. The average molecular weight is 318 g/mol. The van der Waals surface area contributed by atoms with Gasteiger partial charge >= 0.3 is 0 Å². The number of H-pyrrole nitrogens is 1. The maximum atomic E-state index is 12.4. The number of rotatable bonds is 3. The van der Waals surface area contributed by atoms with E-state index in [4.69, 9.17) is 5.26 Å². The Labute approximate surface area is 139 Å². The average Bonchev–Trinajstić information content (AvgIpc) is 2.98. The molecule has 0 radical (unpaired) electrons. The van der Waals surface area contributed by atoms with Crippen molar-refractivity contribution in [3.63, 3.8) is 0 Å². The van der Waals surface area contributed by atoms with Crippen LogP contribution in [0.3, 0.4) is 0 Å². The van der Waals surface area contributed by atoms with Gasteiger partial charge in [-0.2, -0.15) is 10.4 Å². The molecule has 0 bridgehead atoms. The number of hydrogen-bond acceptors (Lipinski definition) is 3. The zero-order chi connectivity index (χ0) is 17.3. The lowest BCUT2D eigenvalue weighted by molar-refractivity contribution is 0.787. The molecule has 0 spiro atoms. The summed E-state index contributed by atoms with van der Waals surface area (Å²) in [5, 5.41) is 14.5. The van der Waals surface area contributed by atoms with Gasteiger partial charge < -0.3 is 4.98 Å². The molecule has 120 valence electrons. The quantitative estimate of drug-likeness (QED) is 0.753. The summed E-state index contributed by atoms with van der Waals surface area (Å²) in [5.41, 5.74) is 4.35. The van der Waals surface area contributed by atoms with Crippen LogP contribution in [-0.4, -0.2) is 15.9 Å².